The van der Waals surface area contributed by atoms with Crippen LogP contribution in [0.3, 0.4) is 0 Å². The third kappa shape index (κ3) is 5.38. The van der Waals surface area contributed by atoms with Gasteiger partial charge >= 0.3 is 0 Å². The molecule has 3 rings (SSSR count). The topological polar surface area (TPSA) is 110 Å². The van der Waals surface area contributed by atoms with E-state index in [1.165, 1.54) is 17.4 Å². The number of thiophene rings is 1. The van der Waals surface area contributed by atoms with E-state index in [-0.39, 0.29) is 23.3 Å². The van der Waals surface area contributed by atoms with E-state index in [2.05, 4.69) is 32.8 Å². The van der Waals surface area contributed by atoms with Crippen LogP contribution in [-0.2, 0) is 20.0 Å². The first-order valence-electron chi connectivity index (χ1n) is 11.0. The van der Waals surface area contributed by atoms with Gasteiger partial charge in [-0.3, -0.25) is 19.9 Å². The van der Waals surface area contributed by atoms with Crippen LogP contribution >= 0.6 is 11.3 Å². The molecule has 0 fully saturated rings. The Balaban J connectivity index is 2.03. The van der Waals surface area contributed by atoms with Gasteiger partial charge in [0.2, 0.25) is 0 Å². The maximum absolute atomic E-state index is 14.0. The molecule has 2 heterocycles. The first kappa shape index (κ1) is 26.0. The summed E-state index contributed by atoms with van der Waals surface area (Å²) in [7, 11) is -4.07. The number of benzene rings is 1. The predicted molar refractivity (Wildman–Crippen MR) is 136 cm³/mol. The second-order valence-corrected chi connectivity index (χ2v) is 12.3. The number of hydrogen-bond acceptors (Lipinski definition) is 7. The molecular weight excluding hydrogens is 470 g/mol. The fourth-order valence-corrected chi connectivity index (χ4v) is 7.00. The lowest BCUT2D eigenvalue weighted by Gasteiger charge is -2.36. The second kappa shape index (κ2) is 10.4. The minimum Gasteiger partial charge on any atom is -0.292 e. The number of ketones is 1. The molecular formula is C25H31N3O4S2. The average molecular weight is 502 g/mol. The van der Waals surface area contributed by atoms with Crippen LogP contribution < -0.4 is 11.3 Å². The number of amides is 1. The van der Waals surface area contributed by atoms with Gasteiger partial charge in [-0.25, -0.2) is 14.3 Å². The van der Waals surface area contributed by atoms with Gasteiger partial charge in [0.1, 0.15) is 10.6 Å². The minimum atomic E-state index is -4.07. The lowest BCUT2D eigenvalue weighted by molar-refractivity contribution is -0.118. The molecule has 3 N–H and O–H groups in total. The predicted octanol–water partition coefficient (Wildman–Crippen LogP) is 3.52. The standard InChI is InChI=1S/C25H31N3O4S2/c1-5-22(17-10-12-18(13-11-17)25(2,3)4)34(31,32)24-19(23(30)27-26)8-6-14-28(24)16-20(29)21-9-7-15-33-21/h5,7-13,15,22,24H,1,6,14,16,26H2,2-4H3,(H,27,30). The highest BCUT2D eigenvalue weighted by Gasteiger charge is 2.44. The van der Waals surface area contributed by atoms with Gasteiger partial charge in [0.05, 0.1) is 11.4 Å². The fraction of sp³-hybridized carbons (Fsp3) is 0.360. The number of Topliss-reactive ketones (excluding diaryl/α,β-unsaturated/α-hetero) is 1. The Bertz CT molecular complexity index is 1180. The quantitative estimate of drug-likeness (QED) is 0.188. The van der Waals surface area contributed by atoms with E-state index >= 15 is 0 Å². The highest BCUT2D eigenvalue weighted by molar-refractivity contribution is 7.92. The van der Waals surface area contributed by atoms with E-state index < -0.39 is 26.4 Å². The second-order valence-electron chi connectivity index (χ2n) is 9.26. The zero-order chi connectivity index (χ0) is 25.1. The first-order chi connectivity index (χ1) is 16.0. The molecule has 1 aliphatic rings. The molecule has 34 heavy (non-hydrogen) atoms. The van der Waals surface area contributed by atoms with Crippen molar-refractivity contribution >= 4 is 32.9 Å². The summed E-state index contributed by atoms with van der Waals surface area (Å²) in [6.45, 7) is 10.2. The molecule has 0 radical (unpaired) electrons. The molecule has 2 aromatic rings. The van der Waals surface area contributed by atoms with E-state index in [0.29, 0.717) is 23.4 Å². The van der Waals surface area contributed by atoms with Crippen LogP contribution in [0.2, 0.25) is 0 Å². The van der Waals surface area contributed by atoms with Gasteiger partial charge in [0, 0.05) is 12.1 Å². The Hall–Kier alpha value is -2.59. The Labute approximate surface area is 205 Å². The molecule has 1 amide bonds. The summed E-state index contributed by atoms with van der Waals surface area (Å²) >= 11 is 1.30. The molecule has 0 spiro atoms. The summed E-state index contributed by atoms with van der Waals surface area (Å²) in [5.41, 5.74) is 3.60. The van der Waals surface area contributed by atoms with Crippen molar-refractivity contribution in [3.05, 3.63) is 82.1 Å². The molecule has 9 heteroatoms. The summed E-state index contributed by atoms with van der Waals surface area (Å²) in [5, 5.41) is -0.614. The molecule has 2 atom stereocenters. The number of nitrogens with zero attached hydrogens (tertiary/aromatic N) is 1. The van der Waals surface area contributed by atoms with Crippen LogP contribution in [-0.4, -0.2) is 43.5 Å². The van der Waals surface area contributed by atoms with Crippen molar-refractivity contribution < 1.29 is 18.0 Å². The third-order valence-electron chi connectivity index (χ3n) is 5.90. The van der Waals surface area contributed by atoms with Crippen LogP contribution in [0, 0.1) is 0 Å². The molecule has 0 saturated heterocycles. The van der Waals surface area contributed by atoms with Crippen molar-refractivity contribution in [3.63, 3.8) is 0 Å². The molecule has 7 nitrogen and oxygen atoms in total. The largest absolute Gasteiger partial charge is 0.292 e. The number of carbonyl (C=O) groups excluding carboxylic acids is 2. The van der Waals surface area contributed by atoms with E-state index in [9.17, 15) is 18.0 Å². The normalized spacial score (nSPS) is 18.1. The SMILES string of the molecule is C=CC(c1ccc(C(C)(C)C)cc1)S(=O)(=O)C1C(C(=O)NN)=CCCN1CC(=O)c1cccs1. The highest BCUT2D eigenvalue weighted by Crippen LogP contribution is 2.35. The lowest BCUT2D eigenvalue weighted by Crippen LogP contribution is -2.52. The van der Waals surface area contributed by atoms with Crippen molar-refractivity contribution in [2.75, 3.05) is 13.1 Å². The fourth-order valence-electron chi connectivity index (χ4n) is 4.11. The van der Waals surface area contributed by atoms with Gasteiger partial charge < -0.3 is 0 Å². The Morgan fingerprint density at radius 1 is 1.26 bits per heavy atom. The molecule has 1 aliphatic heterocycles. The van der Waals surface area contributed by atoms with Crippen LogP contribution in [0.15, 0.2) is 66.1 Å². The number of nitrogens with two attached hydrogens (primary N) is 1. The zero-order valence-electron chi connectivity index (χ0n) is 19.7. The smallest absolute Gasteiger partial charge is 0.263 e. The van der Waals surface area contributed by atoms with Gasteiger partial charge in [-0.1, -0.05) is 63.3 Å². The summed E-state index contributed by atoms with van der Waals surface area (Å²) in [6, 6.07) is 10.8. The summed E-state index contributed by atoms with van der Waals surface area (Å²) in [4.78, 5) is 27.5. The van der Waals surface area contributed by atoms with Crippen LogP contribution in [0.25, 0.3) is 0 Å². The van der Waals surface area contributed by atoms with Gasteiger partial charge in [-0.15, -0.1) is 17.9 Å². The summed E-state index contributed by atoms with van der Waals surface area (Å²) < 4.78 is 28.1. The highest BCUT2D eigenvalue weighted by atomic mass is 32.2. The van der Waals surface area contributed by atoms with Crippen molar-refractivity contribution in [1.29, 1.82) is 0 Å². The molecule has 1 aromatic heterocycles. The van der Waals surface area contributed by atoms with Crippen molar-refractivity contribution in [1.82, 2.24) is 10.3 Å². The van der Waals surface area contributed by atoms with Crippen molar-refractivity contribution in [2.45, 2.75) is 43.2 Å². The summed E-state index contributed by atoms with van der Waals surface area (Å²) in [6.07, 6.45) is 3.37. The zero-order valence-corrected chi connectivity index (χ0v) is 21.3. The first-order valence-corrected chi connectivity index (χ1v) is 13.5. The van der Waals surface area contributed by atoms with Crippen LogP contribution in [0.5, 0.6) is 0 Å². The minimum absolute atomic E-state index is 0.0193. The molecule has 182 valence electrons. The lowest BCUT2D eigenvalue weighted by atomic mass is 9.86. The number of hydrazine groups is 1. The van der Waals surface area contributed by atoms with Crippen molar-refractivity contribution in [2.24, 2.45) is 5.84 Å². The molecule has 0 bridgehead atoms. The molecule has 2 unspecified atom stereocenters. The molecule has 1 aromatic carbocycles. The molecule has 0 saturated carbocycles. The van der Waals surface area contributed by atoms with Crippen LogP contribution in [0.1, 0.15) is 53.2 Å². The summed E-state index contributed by atoms with van der Waals surface area (Å²) in [5.74, 6) is 4.48. The van der Waals surface area contributed by atoms with E-state index in [4.69, 9.17) is 5.84 Å². The van der Waals surface area contributed by atoms with E-state index in [1.54, 1.807) is 40.6 Å². The van der Waals surface area contributed by atoms with Gasteiger partial charge in [-0.2, -0.15) is 0 Å². The van der Waals surface area contributed by atoms with Crippen molar-refractivity contribution in [3.8, 4) is 0 Å². The van der Waals surface area contributed by atoms with E-state index in [1.807, 2.05) is 12.1 Å². The van der Waals surface area contributed by atoms with Gasteiger partial charge in [-0.05, 0) is 34.4 Å². The Morgan fingerprint density at radius 2 is 1.94 bits per heavy atom. The number of carbonyl (C=O) groups is 2. The average Bonchev–Trinajstić information content (AvgIpc) is 3.33. The third-order valence-corrected chi connectivity index (χ3v) is 9.16. The number of hydrogen-bond donors (Lipinski definition) is 2. The number of rotatable bonds is 8. The maximum Gasteiger partial charge on any atom is 0.263 e. The number of nitrogens with one attached hydrogen (secondary N) is 1. The Kier molecular flexibility index (Phi) is 7.92. The molecule has 0 aliphatic carbocycles. The number of sulfone groups is 1. The van der Waals surface area contributed by atoms with Gasteiger partial charge in [0.25, 0.3) is 5.91 Å². The maximum atomic E-state index is 14.0. The monoisotopic (exact) mass is 501 g/mol. The Morgan fingerprint density at radius 3 is 2.47 bits per heavy atom. The van der Waals surface area contributed by atoms with Crippen LogP contribution in [0.4, 0.5) is 0 Å². The van der Waals surface area contributed by atoms with Gasteiger partial charge in [0.15, 0.2) is 15.6 Å². The van der Waals surface area contributed by atoms with E-state index in [0.717, 1.165) is 5.56 Å².